The molecule has 0 aliphatic rings. The van der Waals surface area contributed by atoms with Crippen molar-refractivity contribution in [2.24, 2.45) is 0 Å². The van der Waals surface area contributed by atoms with Crippen molar-refractivity contribution in [1.82, 2.24) is 5.32 Å². The first-order valence-corrected chi connectivity index (χ1v) is 11.7. The summed E-state index contributed by atoms with van der Waals surface area (Å²) in [6, 6.07) is 10.8. The summed E-state index contributed by atoms with van der Waals surface area (Å²) in [7, 11) is 1.57. The molecule has 0 aliphatic heterocycles. The van der Waals surface area contributed by atoms with Gasteiger partial charge in [-0.15, -0.1) is 0 Å². The second kappa shape index (κ2) is 11.8. The van der Waals surface area contributed by atoms with Crippen LogP contribution in [0.1, 0.15) is 56.1 Å². The van der Waals surface area contributed by atoms with Crippen LogP contribution in [0, 0.1) is 0 Å². The first kappa shape index (κ1) is 25.6. The van der Waals surface area contributed by atoms with E-state index in [4.69, 9.17) is 14.2 Å². The molecule has 0 aromatic heterocycles. The molecule has 2 aromatic rings. The van der Waals surface area contributed by atoms with Crippen molar-refractivity contribution in [3.63, 3.8) is 0 Å². The van der Waals surface area contributed by atoms with Gasteiger partial charge in [-0.1, -0.05) is 26.8 Å². The number of ether oxygens (including phenoxy) is 3. The maximum absolute atomic E-state index is 12.3. The van der Waals surface area contributed by atoms with Crippen LogP contribution >= 0.6 is 11.8 Å². The lowest BCUT2D eigenvalue weighted by atomic mass is 10.1. The Balaban J connectivity index is 2.38. The van der Waals surface area contributed by atoms with Crippen LogP contribution in [0.15, 0.2) is 36.4 Å². The summed E-state index contributed by atoms with van der Waals surface area (Å²) in [6.07, 6.45) is 0.150. The number of hydrogen-bond acceptors (Lipinski definition) is 6. The maximum atomic E-state index is 12.3. The summed E-state index contributed by atoms with van der Waals surface area (Å²) in [4.78, 5) is 24.2. The number of carbonyl (C=O) groups is 2. The third kappa shape index (κ3) is 7.79. The quantitative estimate of drug-likeness (QED) is 0.481. The lowest BCUT2D eigenvalue weighted by Crippen LogP contribution is -2.22. The molecule has 1 amide bonds. The summed E-state index contributed by atoms with van der Waals surface area (Å²) >= 11 is 1.77. The van der Waals surface area contributed by atoms with Crippen molar-refractivity contribution in [3.8, 4) is 17.2 Å². The Kier molecular flexibility index (Phi) is 9.44. The standard InChI is InChI=1S/C25H33NO5S/c1-7-26-24(28)18-10-12-20(19(15-18)16-32-25(3,4)5)31-22-13-17(9-11-21(22)29-6)14-23(27)30-8-2/h9-13,15H,7-8,14,16H2,1-6H3,(H,26,28). The van der Waals surface area contributed by atoms with Gasteiger partial charge < -0.3 is 19.5 Å². The zero-order chi connectivity index (χ0) is 23.7. The van der Waals surface area contributed by atoms with E-state index in [1.165, 1.54) is 0 Å². The van der Waals surface area contributed by atoms with Crippen molar-refractivity contribution < 1.29 is 23.8 Å². The SMILES string of the molecule is CCNC(=O)c1ccc(Oc2cc(CC(=O)OCC)ccc2OC)c(CSC(C)(C)C)c1. The molecule has 0 atom stereocenters. The van der Waals surface area contributed by atoms with E-state index in [2.05, 4.69) is 26.1 Å². The van der Waals surface area contributed by atoms with E-state index < -0.39 is 0 Å². The number of rotatable bonds is 10. The minimum Gasteiger partial charge on any atom is -0.493 e. The zero-order valence-corrected chi connectivity index (χ0v) is 20.6. The Hall–Kier alpha value is -2.67. The molecule has 2 rings (SSSR count). The fourth-order valence-electron chi connectivity index (χ4n) is 2.90. The number of esters is 1. The lowest BCUT2D eigenvalue weighted by Gasteiger charge is -2.20. The van der Waals surface area contributed by atoms with E-state index in [9.17, 15) is 9.59 Å². The van der Waals surface area contributed by atoms with E-state index in [1.54, 1.807) is 50.1 Å². The molecule has 0 saturated carbocycles. The number of nitrogens with one attached hydrogen (secondary N) is 1. The predicted molar refractivity (Wildman–Crippen MR) is 129 cm³/mol. The third-order valence-corrected chi connectivity index (χ3v) is 5.74. The molecule has 32 heavy (non-hydrogen) atoms. The first-order valence-electron chi connectivity index (χ1n) is 10.7. The Morgan fingerprint density at radius 3 is 2.34 bits per heavy atom. The molecule has 0 fully saturated rings. The van der Waals surface area contributed by atoms with Crippen LogP contribution < -0.4 is 14.8 Å². The molecule has 0 heterocycles. The van der Waals surface area contributed by atoms with E-state index in [1.807, 2.05) is 19.1 Å². The maximum Gasteiger partial charge on any atom is 0.310 e. The van der Waals surface area contributed by atoms with Crippen molar-refractivity contribution in [2.75, 3.05) is 20.3 Å². The molecule has 6 nitrogen and oxygen atoms in total. The molecule has 0 spiro atoms. The number of thioether (sulfide) groups is 1. The smallest absolute Gasteiger partial charge is 0.310 e. The van der Waals surface area contributed by atoms with E-state index in [0.717, 1.165) is 11.1 Å². The molecule has 7 heteroatoms. The fourth-order valence-corrected chi connectivity index (χ4v) is 3.71. The van der Waals surface area contributed by atoms with Gasteiger partial charge in [0.1, 0.15) is 5.75 Å². The highest BCUT2D eigenvalue weighted by Crippen LogP contribution is 2.37. The minimum atomic E-state index is -0.294. The topological polar surface area (TPSA) is 73.9 Å². The zero-order valence-electron chi connectivity index (χ0n) is 19.7. The van der Waals surface area contributed by atoms with Crippen LogP contribution in [-0.2, 0) is 21.7 Å². The summed E-state index contributed by atoms with van der Waals surface area (Å²) in [5.41, 5.74) is 2.27. The lowest BCUT2D eigenvalue weighted by molar-refractivity contribution is -0.142. The average molecular weight is 460 g/mol. The molecular formula is C25H33NO5S. The third-order valence-electron chi connectivity index (χ3n) is 4.42. The molecule has 2 aromatic carbocycles. The van der Waals surface area contributed by atoms with Crippen LogP contribution in [-0.4, -0.2) is 36.9 Å². The number of benzene rings is 2. The van der Waals surface area contributed by atoms with E-state index in [-0.39, 0.29) is 23.0 Å². The van der Waals surface area contributed by atoms with Gasteiger partial charge in [-0.25, -0.2) is 0 Å². The number of carbonyl (C=O) groups excluding carboxylic acids is 2. The van der Waals surface area contributed by atoms with Crippen molar-refractivity contribution in [3.05, 3.63) is 53.1 Å². The Labute approximate surface area is 195 Å². The Morgan fingerprint density at radius 2 is 1.72 bits per heavy atom. The molecule has 0 bridgehead atoms. The molecule has 0 saturated heterocycles. The molecule has 1 N–H and O–H groups in total. The van der Waals surface area contributed by atoms with Gasteiger partial charge in [0.2, 0.25) is 0 Å². The summed E-state index contributed by atoms with van der Waals surface area (Å²) in [5, 5.41) is 2.83. The van der Waals surface area contributed by atoms with Gasteiger partial charge in [0.25, 0.3) is 5.91 Å². The van der Waals surface area contributed by atoms with Gasteiger partial charge >= 0.3 is 5.97 Å². The van der Waals surface area contributed by atoms with Gasteiger partial charge in [0.15, 0.2) is 11.5 Å². The summed E-state index contributed by atoms with van der Waals surface area (Å²) in [5.74, 6) is 1.97. The van der Waals surface area contributed by atoms with E-state index in [0.29, 0.717) is 41.7 Å². The van der Waals surface area contributed by atoms with Crippen LogP contribution in [0.5, 0.6) is 17.2 Å². The highest BCUT2D eigenvalue weighted by molar-refractivity contribution is 7.99. The van der Waals surface area contributed by atoms with Crippen molar-refractivity contribution in [1.29, 1.82) is 0 Å². The van der Waals surface area contributed by atoms with Crippen LogP contribution in [0.25, 0.3) is 0 Å². The van der Waals surface area contributed by atoms with Crippen LogP contribution in [0.4, 0.5) is 0 Å². The number of hydrogen-bond donors (Lipinski definition) is 1. The molecule has 0 unspecified atom stereocenters. The molecular weight excluding hydrogens is 426 g/mol. The van der Waals surface area contributed by atoms with Gasteiger partial charge in [0.05, 0.1) is 20.1 Å². The summed E-state index contributed by atoms with van der Waals surface area (Å²) < 4.78 is 16.8. The highest BCUT2D eigenvalue weighted by atomic mass is 32.2. The van der Waals surface area contributed by atoms with Gasteiger partial charge in [-0.05, 0) is 49.7 Å². The van der Waals surface area contributed by atoms with E-state index >= 15 is 0 Å². The Morgan fingerprint density at radius 1 is 1.00 bits per heavy atom. The largest absolute Gasteiger partial charge is 0.493 e. The second-order valence-corrected chi connectivity index (χ2v) is 9.95. The first-order chi connectivity index (χ1) is 15.2. The second-order valence-electron chi connectivity index (χ2n) is 8.15. The summed E-state index contributed by atoms with van der Waals surface area (Å²) in [6.45, 7) is 11.0. The molecule has 0 radical (unpaired) electrons. The van der Waals surface area contributed by atoms with Gasteiger partial charge in [-0.2, -0.15) is 11.8 Å². The van der Waals surface area contributed by atoms with Crippen LogP contribution in [0.3, 0.4) is 0 Å². The molecule has 0 aliphatic carbocycles. The predicted octanol–water partition coefficient (Wildman–Crippen LogP) is 5.37. The molecule has 174 valence electrons. The Bertz CT molecular complexity index is 936. The fraction of sp³-hybridized carbons (Fsp3) is 0.440. The monoisotopic (exact) mass is 459 g/mol. The van der Waals surface area contributed by atoms with Gasteiger partial charge in [-0.3, -0.25) is 9.59 Å². The normalized spacial score (nSPS) is 11.1. The van der Waals surface area contributed by atoms with Crippen molar-refractivity contribution in [2.45, 2.75) is 51.5 Å². The highest BCUT2D eigenvalue weighted by Gasteiger charge is 2.17. The minimum absolute atomic E-state index is 0.0518. The van der Waals surface area contributed by atoms with Crippen LogP contribution in [0.2, 0.25) is 0 Å². The number of amides is 1. The average Bonchev–Trinajstić information content (AvgIpc) is 2.73. The van der Waals surface area contributed by atoms with Gasteiger partial charge in [0, 0.05) is 28.2 Å². The number of methoxy groups -OCH3 is 1. The van der Waals surface area contributed by atoms with Crippen molar-refractivity contribution >= 4 is 23.6 Å².